The zero-order valence-corrected chi connectivity index (χ0v) is 10.0. The van der Waals surface area contributed by atoms with Crippen molar-refractivity contribution in [2.75, 3.05) is 0 Å². The third-order valence-corrected chi connectivity index (χ3v) is 2.55. The van der Waals surface area contributed by atoms with Gasteiger partial charge in [-0.1, -0.05) is 18.2 Å². The molecule has 0 saturated heterocycles. The SMILES string of the molecule is C[C@](O)(C(=O)O)[C@H](NC(=O)c1ccccc1)C(=O)O. The Morgan fingerprint density at radius 3 is 2.11 bits per heavy atom. The van der Waals surface area contributed by atoms with Crippen LogP contribution >= 0.6 is 0 Å². The molecule has 7 heteroatoms. The van der Waals surface area contributed by atoms with Gasteiger partial charge in [0.1, 0.15) is 0 Å². The highest BCUT2D eigenvalue weighted by atomic mass is 16.4. The summed E-state index contributed by atoms with van der Waals surface area (Å²) in [5.41, 5.74) is -2.45. The first-order valence-corrected chi connectivity index (χ1v) is 5.31. The summed E-state index contributed by atoms with van der Waals surface area (Å²) >= 11 is 0. The Hall–Kier alpha value is -2.41. The van der Waals surface area contributed by atoms with Crippen molar-refractivity contribution in [3.8, 4) is 0 Å². The number of hydrogen-bond acceptors (Lipinski definition) is 4. The molecule has 1 aromatic carbocycles. The van der Waals surface area contributed by atoms with Gasteiger partial charge in [0.2, 0.25) is 0 Å². The van der Waals surface area contributed by atoms with Gasteiger partial charge in [0.25, 0.3) is 5.91 Å². The quantitative estimate of drug-likeness (QED) is 0.581. The molecule has 0 saturated carbocycles. The number of hydrogen-bond donors (Lipinski definition) is 4. The summed E-state index contributed by atoms with van der Waals surface area (Å²) < 4.78 is 0. The van der Waals surface area contributed by atoms with E-state index in [0.29, 0.717) is 0 Å². The first-order chi connectivity index (χ1) is 8.76. The number of carboxylic acid groups (broad SMARTS) is 2. The van der Waals surface area contributed by atoms with Crippen molar-refractivity contribution < 1.29 is 29.7 Å². The molecule has 0 aliphatic heterocycles. The number of carbonyl (C=O) groups is 3. The summed E-state index contributed by atoms with van der Waals surface area (Å²) in [5, 5.41) is 29.3. The number of benzene rings is 1. The van der Waals surface area contributed by atoms with E-state index < -0.39 is 29.5 Å². The van der Waals surface area contributed by atoms with E-state index in [2.05, 4.69) is 0 Å². The maximum atomic E-state index is 11.8. The van der Waals surface area contributed by atoms with Crippen LogP contribution in [0.4, 0.5) is 0 Å². The zero-order valence-electron chi connectivity index (χ0n) is 10.0. The molecule has 0 aliphatic carbocycles. The zero-order chi connectivity index (χ0) is 14.6. The Morgan fingerprint density at radius 1 is 1.16 bits per heavy atom. The molecule has 1 rings (SSSR count). The normalized spacial score (nSPS) is 15.1. The van der Waals surface area contributed by atoms with Crippen LogP contribution in [0.2, 0.25) is 0 Å². The van der Waals surface area contributed by atoms with E-state index in [9.17, 15) is 19.5 Å². The smallest absolute Gasteiger partial charge is 0.338 e. The summed E-state index contributed by atoms with van der Waals surface area (Å²) in [5.74, 6) is -4.17. The predicted octanol–water partition coefficient (Wildman–Crippen LogP) is -0.295. The van der Waals surface area contributed by atoms with Gasteiger partial charge < -0.3 is 20.6 Å². The van der Waals surface area contributed by atoms with Crippen LogP contribution in [0.25, 0.3) is 0 Å². The molecule has 0 bridgehead atoms. The summed E-state index contributed by atoms with van der Waals surface area (Å²) in [6.45, 7) is 0.805. The van der Waals surface area contributed by atoms with Crippen LogP contribution in [0.1, 0.15) is 17.3 Å². The summed E-state index contributed by atoms with van der Waals surface area (Å²) in [6, 6.07) is 5.71. The van der Waals surface area contributed by atoms with Crippen LogP contribution in [-0.2, 0) is 9.59 Å². The van der Waals surface area contributed by atoms with Crippen LogP contribution in [0, 0.1) is 0 Å². The molecule has 0 aliphatic rings. The lowest BCUT2D eigenvalue weighted by Crippen LogP contribution is -2.59. The first kappa shape index (κ1) is 14.7. The largest absolute Gasteiger partial charge is 0.480 e. The van der Waals surface area contributed by atoms with E-state index in [0.717, 1.165) is 6.92 Å². The fourth-order valence-corrected chi connectivity index (χ4v) is 1.37. The molecule has 0 heterocycles. The fraction of sp³-hybridized carbons (Fsp3) is 0.250. The molecular formula is C12H13NO6. The lowest BCUT2D eigenvalue weighted by atomic mass is 9.96. The number of aliphatic carboxylic acids is 2. The van der Waals surface area contributed by atoms with Gasteiger partial charge in [-0.05, 0) is 19.1 Å². The molecule has 0 unspecified atom stereocenters. The molecular weight excluding hydrogens is 254 g/mol. The van der Waals surface area contributed by atoms with Gasteiger partial charge >= 0.3 is 11.9 Å². The molecule has 7 nitrogen and oxygen atoms in total. The summed E-state index contributed by atoms with van der Waals surface area (Å²) in [7, 11) is 0. The minimum absolute atomic E-state index is 0.162. The molecule has 0 spiro atoms. The van der Waals surface area contributed by atoms with Crippen molar-refractivity contribution in [3.05, 3.63) is 35.9 Å². The predicted molar refractivity (Wildman–Crippen MR) is 63.6 cm³/mol. The highest BCUT2D eigenvalue weighted by molar-refractivity contribution is 5.98. The molecule has 102 valence electrons. The van der Waals surface area contributed by atoms with Gasteiger partial charge in [-0.3, -0.25) is 4.79 Å². The highest BCUT2D eigenvalue weighted by Gasteiger charge is 2.45. The average Bonchev–Trinajstić information content (AvgIpc) is 2.35. The monoisotopic (exact) mass is 267 g/mol. The lowest BCUT2D eigenvalue weighted by Gasteiger charge is -2.26. The Morgan fingerprint density at radius 2 is 1.68 bits per heavy atom. The minimum atomic E-state index is -2.61. The third kappa shape index (κ3) is 3.29. The maximum absolute atomic E-state index is 11.8. The summed E-state index contributed by atoms with van der Waals surface area (Å²) in [6.07, 6.45) is 0. The van der Waals surface area contributed by atoms with Crippen LogP contribution in [0.15, 0.2) is 30.3 Å². The minimum Gasteiger partial charge on any atom is -0.480 e. The van der Waals surface area contributed by atoms with E-state index in [1.165, 1.54) is 12.1 Å². The fourth-order valence-electron chi connectivity index (χ4n) is 1.37. The molecule has 1 amide bonds. The van der Waals surface area contributed by atoms with E-state index in [1.807, 2.05) is 5.32 Å². The molecule has 2 atom stereocenters. The van der Waals surface area contributed by atoms with Gasteiger partial charge in [-0.25, -0.2) is 9.59 Å². The van der Waals surface area contributed by atoms with Gasteiger partial charge in [-0.15, -0.1) is 0 Å². The first-order valence-electron chi connectivity index (χ1n) is 5.31. The van der Waals surface area contributed by atoms with Gasteiger partial charge in [0.15, 0.2) is 11.6 Å². The van der Waals surface area contributed by atoms with Crippen molar-refractivity contribution in [1.82, 2.24) is 5.32 Å². The van der Waals surface area contributed by atoms with Crippen LogP contribution in [0.5, 0.6) is 0 Å². The number of carbonyl (C=O) groups excluding carboxylic acids is 1. The maximum Gasteiger partial charge on any atom is 0.338 e. The van der Waals surface area contributed by atoms with E-state index in [4.69, 9.17) is 10.2 Å². The van der Waals surface area contributed by atoms with Crippen LogP contribution in [-0.4, -0.2) is 44.8 Å². The van der Waals surface area contributed by atoms with Gasteiger partial charge in [0.05, 0.1) is 0 Å². The number of amides is 1. The number of carboxylic acids is 2. The second-order valence-corrected chi connectivity index (χ2v) is 4.06. The van der Waals surface area contributed by atoms with Crippen LogP contribution in [0.3, 0.4) is 0 Å². The van der Waals surface area contributed by atoms with Crippen molar-refractivity contribution in [3.63, 3.8) is 0 Å². The topological polar surface area (TPSA) is 124 Å². The lowest BCUT2D eigenvalue weighted by molar-refractivity contribution is -0.166. The molecule has 0 fully saturated rings. The molecule has 19 heavy (non-hydrogen) atoms. The Labute approximate surface area is 108 Å². The Bertz CT molecular complexity index is 496. The number of nitrogens with one attached hydrogen (secondary N) is 1. The Kier molecular flexibility index (Phi) is 4.23. The molecule has 4 N–H and O–H groups in total. The highest BCUT2D eigenvalue weighted by Crippen LogP contribution is 2.12. The van der Waals surface area contributed by atoms with Crippen molar-refractivity contribution in [2.24, 2.45) is 0 Å². The number of aliphatic hydroxyl groups is 1. The van der Waals surface area contributed by atoms with Crippen LogP contribution < -0.4 is 5.32 Å². The second-order valence-electron chi connectivity index (χ2n) is 4.06. The van der Waals surface area contributed by atoms with E-state index in [-0.39, 0.29) is 5.56 Å². The van der Waals surface area contributed by atoms with E-state index in [1.54, 1.807) is 18.2 Å². The second kappa shape index (κ2) is 5.49. The number of rotatable bonds is 5. The van der Waals surface area contributed by atoms with E-state index >= 15 is 0 Å². The standard InChI is InChI=1S/C12H13NO6/c1-12(19,11(17)18)8(10(15)16)13-9(14)7-5-3-2-4-6-7/h2-6,8,19H,1H3,(H,13,14)(H,15,16)(H,17,18)/t8-,12-/m1/s1. The summed E-state index contributed by atoms with van der Waals surface area (Å²) in [4.78, 5) is 33.5. The molecule has 0 radical (unpaired) electrons. The molecule has 1 aromatic rings. The molecule has 0 aromatic heterocycles. The van der Waals surface area contributed by atoms with Gasteiger partial charge in [0, 0.05) is 5.56 Å². The van der Waals surface area contributed by atoms with Crippen molar-refractivity contribution in [2.45, 2.75) is 18.6 Å². The van der Waals surface area contributed by atoms with Gasteiger partial charge in [-0.2, -0.15) is 0 Å². The van der Waals surface area contributed by atoms with Crippen molar-refractivity contribution in [1.29, 1.82) is 0 Å². The van der Waals surface area contributed by atoms with Crippen molar-refractivity contribution >= 4 is 17.8 Å². The third-order valence-electron chi connectivity index (χ3n) is 2.55. The average molecular weight is 267 g/mol. The Balaban J connectivity index is 2.96.